The van der Waals surface area contributed by atoms with Gasteiger partial charge in [0.05, 0.1) is 0 Å². The van der Waals surface area contributed by atoms with Gasteiger partial charge in [-0.15, -0.1) is 0 Å². The second kappa shape index (κ2) is 14.7. The van der Waals surface area contributed by atoms with Gasteiger partial charge in [-0.2, -0.15) is 0 Å². The summed E-state index contributed by atoms with van der Waals surface area (Å²) in [5.74, 6) is 0. The highest BCUT2D eigenvalue weighted by Gasteiger charge is 2.25. The molecule has 0 aliphatic heterocycles. The third-order valence-electron chi connectivity index (χ3n) is 15.8. The lowest BCUT2D eigenvalue weighted by molar-refractivity contribution is 0.589. The van der Waals surface area contributed by atoms with Crippen molar-refractivity contribution in [2.75, 3.05) is 0 Å². The Labute approximate surface area is 409 Å². The molecule has 0 saturated carbocycles. The first-order chi connectivity index (χ1) is 34.0. The maximum Gasteiger partial charge on any atom is -0.00199 e. The predicted molar refractivity (Wildman–Crippen MR) is 306 cm³/mol. The minimum absolute atomic E-state index is 0.00877. The zero-order valence-corrected chi connectivity index (χ0v) is 40.6. The smallest absolute Gasteiger partial charge is 0.00199 e. The van der Waals surface area contributed by atoms with Crippen LogP contribution >= 0.6 is 0 Å². The lowest BCUT2D eigenvalue weighted by Gasteiger charge is -2.24. The maximum absolute atomic E-state index is 2.56. The van der Waals surface area contributed by atoms with Crippen LogP contribution in [0.3, 0.4) is 0 Å². The van der Waals surface area contributed by atoms with Gasteiger partial charge in [-0.3, -0.25) is 0 Å². The van der Waals surface area contributed by atoms with E-state index in [-0.39, 0.29) is 10.8 Å². The van der Waals surface area contributed by atoms with Crippen LogP contribution in [0, 0.1) is 0 Å². The van der Waals surface area contributed by atoms with Crippen molar-refractivity contribution in [2.24, 2.45) is 0 Å². The molecule has 0 spiro atoms. The molecule has 0 aliphatic carbocycles. The summed E-state index contributed by atoms with van der Waals surface area (Å²) in [6, 6.07) is 78.9. The molecule has 0 amide bonds. The Morgan fingerprint density at radius 2 is 0.700 bits per heavy atom. The van der Waals surface area contributed by atoms with Crippen LogP contribution in [-0.4, -0.2) is 0 Å². The van der Waals surface area contributed by atoms with Gasteiger partial charge in [-0.25, -0.2) is 0 Å². The van der Waals surface area contributed by atoms with Crippen molar-refractivity contribution in [3.05, 3.63) is 217 Å². The number of rotatable bonds is 4. The van der Waals surface area contributed by atoms with Crippen molar-refractivity contribution < 1.29 is 0 Å². The van der Waals surface area contributed by atoms with Gasteiger partial charge in [0.25, 0.3) is 0 Å². The molecular formula is C70H52. The molecule has 0 heterocycles. The van der Waals surface area contributed by atoms with E-state index in [1.54, 1.807) is 0 Å². The molecule has 14 aromatic rings. The van der Waals surface area contributed by atoms with E-state index >= 15 is 0 Å². The fourth-order valence-electron chi connectivity index (χ4n) is 12.3. The zero-order valence-electron chi connectivity index (χ0n) is 40.6. The van der Waals surface area contributed by atoms with E-state index in [4.69, 9.17) is 0 Å². The topological polar surface area (TPSA) is 0 Å². The Hall–Kier alpha value is -8.06. The summed E-state index contributed by atoms with van der Waals surface area (Å²) < 4.78 is 0. The minimum Gasteiger partial charge on any atom is -0.0622 e. The normalized spacial score (nSPS) is 12.7. The van der Waals surface area contributed by atoms with Crippen LogP contribution in [0.4, 0.5) is 0 Å². The fourth-order valence-corrected chi connectivity index (χ4v) is 12.3. The number of hydrogen-bond acceptors (Lipinski definition) is 0. The first-order valence-electron chi connectivity index (χ1n) is 25.0. The van der Waals surface area contributed by atoms with Gasteiger partial charge in [0.15, 0.2) is 0 Å². The van der Waals surface area contributed by atoms with Crippen LogP contribution in [-0.2, 0) is 10.8 Å². The van der Waals surface area contributed by atoms with E-state index < -0.39 is 0 Å². The van der Waals surface area contributed by atoms with Gasteiger partial charge in [0, 0.05) is 0 Å². The fraction of sp³-hybridized carbons (Fsp3) is 0.114. The van der Waals surface area contributed by atoms with Crippen LogP contribution in [0.5, 0.6) is 0 Å². The molecule has 0 heteroatoms. The second-order valence-corrected chi connectivity index (χ2v) is 22.0. The van der Waals surface area contributed by atoms with Gasteiger partial charge in [0.2, 0.25) is 0 Å². The summed E-state index contributed by atoms with van der Waals surface area (Å²) >= 11 is 0. The molecule has 14 aromatic carbocycles. The van der Waals surface area contributed by atoms with E-state index in [0.29, 0.717) is 0 Å². The molecule has 14 rings (SSSR count). The van der Waals surface area contributed by atoms with E-state index in [0.717, 1.165) is 0 Å². The molecule has 0 aromatic heterocycles. The van der Waals surface area contributed by atoms with Gasteiger partial charge in [-0.05, 0) is 194 Å². The Morgan fingerprint density at radius 1 is 0.229 bits per heavy atom. The van der Waals surface area contributed by atoms with Crippen molar-refractivity contribution in [1.29, 1.82) is 0 Å². The highest BCUT2D eigenvalue weighted by Crippen LogP contribution is 2.52. The highest BCUT2D eigenvalue weighted by atomic mass is 14.3. The predicted octanol–water partition coefficient (Wildman–Crippen LogP) is 20.2. The number of benzene rings is 12. The van der Waals surface area contributed by atoms with Crippen LogP contribution < -0.4 is 0 Å². The average molecular weight is 893 g/mol. The van der Waals surface area contributed by atoms with Gasteiger partial charge >= 0.3 is 0 Å². The van der Waals surface area contributed by atoms with E-state index in [9.17, 15) is 0 Å². The van der Waals surface area contributed by atoms with Crippen molar-refractivity contribution in [3.63, 3.8) is 0 Å². The minimum atomic E-state index is -0.00877. The Kier molecular flexibility index (Phi) is 8.62. The zero-order chi connectivity index (χ0) is 47.2. The van der Waals surface area contributed by atoms with Gasteiger partial charge in [0.1, 0.15) is 0 Å². The number of hydrogen-bond donors (Lipinski definition) is 0. The van der Waals surface area contributed by atoms with Gasteiger partial charge in [-0.1, -0.05) is 217 Å². The summed E-state index contributed by atoms with van der Waals surface area (Å²) in [5.41, 5.74) is 12.7. The van der Waals surface area contributed by atoms with E-state index in [2.05, 4.69) is 248 Å². The van der Waals surface area contributed by atoms with Crippen molar-refractivity contribution in [2.45, 2.75) is 52.4 Å². The lowest BCUT2D eigenvalue weighted by Crippen LogP contribution is -2.12. The Bertz CT molecular complexity index is 4380. The Balaban J connectivity index is 1.14. The highest BCUT2D eigenvalue weighted by molar-refractivity contribution is 6.39. The first kappa shape index (κ1) is 41.0. The molecule has 0 radical (unpaired) electrons. The molecule has 0 aliphatic rings. The molecule has 0 nitrogen and oxygen atoms in total. The molecule has 0 fully saturated rings. The molecule has 0 bridgehead atoms. The third kappa shape index (κ3) is 5.96. The van der Waals surface area contributed by atoms with E-state index in [1.807, 2.05) is 0 Å². The summed E-state index contributed by atoms with van der Waals surface area (Å²) in [6.45, 7) is 14.0. The summed E-state index contributed by atoms with van der Waals surface area (Å²) in [5, 5.41) is 23.5. The van der Waals surface area contributed by atoms with E-state index in [1.165, 1.54) is 153 Å². The van der Waals surface area contributed by atoms with Crippen molar-refractivity contribution in [1.82, 2.24) is 0 Å². The molecule has 0 saturated heterocycles. The third-order valence-corrected chi connectivity index (χ3v) is 15.8. The maximum atomic E-state index is 2.56. The Morgan fingerprint density at radius 3 is 1.34 bits per heavy atom. The summed E-state index contributed by atoms with van der Waals surface area (Å²) in [6.07, 6.45) is 0. The van der Waals surface area contributed by atoms with Crippen LogP contribution in [0.15, 0.2) is 206 Å². The van der Waals surface area contributed by atoms with Crippen molar-refractivity contribution >= 4 is 97.0 Å². The quantitative estimate of drug-likeness (QED) is 0.154. The van der Waals surface area contributed by atoms with Crippen molar-refractivity contribution in [3.8, 4) is 44.5 Å². The lowest BCUT2D eigenvalue weighted by atomic mass is 9.80. The average Bonchev–Trinajstić information content (AvgIpc) is 3.88. The monoisotopic (exact) mass is 892 g/mol. The summed E-state index contributed by atoms with van der Waals surface area (Å²) in [7, 11) is 0. The molecule has 332 valence electrons. The van der Waals surface area contributed by atoms with Crippen LogP contribution in [0.1, 0.15) is 52.7 Å². The molecule has 70 heavy (non-hydrogen) atoms. The standard InChI is InChI=1S/C70H52/c1-69(2,3)44-31-30-43-34-45(70(4,5)6)36-57(56(43)35-44)50-32-33-55-59-38-63-61(37-58(59)53-28-17-27-52(50)67(53)55)62-40-64-49-23-14-13-22-48(49)51-26-16-29-54(68(51)64)60(62)39-65(63)66-46(41-18-9-7-10-19-41)24-15-25-47(66)42-20-11-8-12-21-42/h7-40H,1-6H3. The first-order valence-corrected chi connectivity index (χ1v) is 25.0. The molecular weight excluding hydrogens is 841 g/mol. The summed E-state index contributed by atoms with van der Waals surface area (Å²) in [4.78, 5) is 0. The molecule has 0 atom stereocenters. The largest absolute Gasteiger partial charge is 0.0622 e. The number of fused-ring (bicyclic) bond motifs is 11. The second-order valence-electron chi connectivity index (χ2n) is 22.0. The molecule has 0 unspecified atom stereocenters. The molecule has 0 N–H and O–H groups in total. The van der Waals surface area contributed by atoms with Gasteiger partial charge < -0.3 is 0 Å². The van der Waals surface area contributed by atoms with Crippen LogP contribution in [0.2, 0.25) is 0 Å². The van der Waals surface area contributed by atoms with Crippen LogP contribution in [0.25, 0.3) is 141 Å². The SMILES string of the molecule is CC(C)(C)c1cc(-c2ccc3c4cc5c(-c6c(-c7ccccc7)cccc6-c6ccccc6)cc6c(cc7c8ccccc8c8cccc6c87)c5cc4c4cccc2c34)c2cc(C(C)(C)C)ccc2c1.